The molecule has 174 valence electrons. The number of allylic oxidation sites excluding steroid dienone is 2. The van der Waals surface area contributed by atoms with Crippen LogP contribution in [0.15, 0.2) is 99.8 Å². The van der Waals surface area contributed by atoms with Gasteiger partial charge in [0.05, 0.1) is 0 Å². The first-order chi connectivity index (χ1) is 17.2. The van der Waals surface area contributed by atoms with E-state index < -0.39 is 0 Å². The minimum atomic E-state index is -0.255. The molecule has 1 aromatic heterocycles. The summed E-state index contributed by atoms with van der Waals surface area (Å²) in [5, 5.41) is 8.96. The summed E-state index contributed by atoms with van der Waals surface area (Å²) in [6, 6.07) is 26.9. The Balaban J connectivity index is 1.26. The largest absolute Gasteiger partial charge is 0.328 e. The van der Waals surface area contributed by atoms with E-state index >= 15 is 0 Å². The second-order valence-corrected chi connectivity index (χ2v) is 10.6. The fourth-order valence-electron chi connectivity index (χ4n) is 4.72. The second-order valence-electron chi connectivity index (χ2n) is 8.76. The van der Waals surface area contributed by atoms with Crippen LogP contribution in [-0.4, -0.2) is 20.5 Å². The number of aromatic nitrogens is 3. The zero-order valence-corrected chi connectivity index (χ0v) is 21.3. The number of hydrogen-bond acceptors (Lipinski definition) is 5. The van der Waals surface area contributed by atoms with E-state index in [1.807, 2.05) is 22.9 Å². The number of benzene rings is 3. The zero-order chi connectivity index (χ0) is 23.8. The molecule has 0 bridgehead atoms. The van der Waals surface area contributed by atoms with Crippen LogP contribution in [0.1, 0.15) is 36.4 Å². The lowest BCUT2D eigenvalue weighted by Crippen LogP contribution is -2.31. The first kappa shape index (κ1) is 22.3. The van der Waals surface area contributed by atoms with Gasteiger partial charge in [-0.05, 0) is 47.2 Å². The average molecular weight is 543 g/mol. The van der Waals surface area contributed by atoms with Gasteiger partial charge in [-0.25, -0.2) is 4.68 Å². The van der Waals surface area contributed by atoms with Gasteiger partial charge in [0.25, 0.3) is 0 Å². The van der Waals surface area contributed by atoms with Crippen LogP contribution in [0.5, 0.6) is 0 Å². The highest BCUT2D eigenvalue weighted by Gasteiger charge is 2.36. The van der Waals surface area contributed by atoms with Gasteiger partial charge in [0, 0.05) is 27.9 Å². The molecule has 7 heteroatoms. The molecule has 0 radical (unpaired) electrons. The van der Waals surface area contributed by atoms with Gasteiger partial charge in [0.15, 0.2) is 5.78 Å². The smallest absolute Gasteiger partial charge is 0.227 e. The highest BCUT2D eigenvalue weighted by molar-refractivity contribution is 9.10. The Morgan fingerprint density at radius 3 is 2.46 bits per heavy atom. The van der Waals surface area contributed by atoms with E-state index in [1.54, 1.807) is 11.8 Å². The molecule has 6 rings (SSSR count). The fourth-order valence-corrected chi connectivity index (χ4v) is 5.77. The van der Waals surface area contributed by atoms with Crippen molar-refractivity contribution in [1.29, 1.82) is 0 Å². The molecule has 2 aliphatic rings. The number of rotatable bonds is 5. The molecule has 0 saturated carbocycles. The number of thioether (sulfide) groups is 1. The van der Waals surface area contributed by atoms with Crippen LogP contribution in [0.2, 0.25) is 0 Å². The maximum atomic E-state index is 13.0. The summed E-state index contributed by atoms with van der Waals surface area (Å²) >= 11 is 5.13. The molecule has 5 nitrogen and oxygen atoms in total. The first-order valence-corrected chi connectivity index (χ1v) is 13.5. The molecule has 0 fully saturated rings. The van der Waals surface area contributed by atoms with E-state index in [9.17, 15) is 4.79 Å². The third-order valence-corrected chi connectivity index (χ3v) is 7.90. The highest BCUT2D eigenvalue weighted by atomic mass is 79.9. The van der Waals surface area contributed by atoms with Gasteiger partial charge in [0.2, 0.25) is 11.1 Å². The second kappa shape index (κ2) is 9.47. The van der Waals surface area contributed by atoms with E-state index in [0.29, 0.717) is 17.5 Å². The van der Waals surface area contributed by atoms with Crippen LogP contribution in [0.4, 0.5) is 5.95 Å². The minimum Gasteiger partial charge on any atom is -0.328 e. The summed E-state index contributed by atoms with van der Waals surface area (Å²) in [5.41, 5.74) is 6.49. The topological polar surface area (TPSA) is 59.8 Å². The summed E-state index contributed by atoms with van der Waals surface area (Å²) in [7, 11) is 0. The lowest BCUT2D eigenvalue weighted by molar-refractivity contribution is -0.116. The van der Waals surface area contributed by atoms with E-state index in [4.69, 9.17) is 10.1 Å². The molecule has 0 saturated heterocycles. The Hall–Kier alpha value is -3.16. The number of anilines is 1. The van der Waals surface area contributed by atoms with Gasteiger partial charge in [-0.1, -0.05) is 94.4 Å². The molecule has 1 N–H and O–H groups in total. The third-order valence-electron chi connectivity index (χ3n) is 6.46. The first-order valence-electron chi connectivity index (χ1n) is 11.7. The zero-order valence-electron chi connectivity index (χ0n) is 18.9. The van der Waals surface area contributed by atoms with Crippen molar-refractivity contribution >= 4 is 39.4 Å². The molecule has 1 aliphatic heterocycles. The molecule has 0 spiro atoms. The number of fused-ring (bicyclic) bond motifs is 1. The number of nitrogens with zero attached hydrogens (tertiary/aromatic N) is 3. The monoisotopic (exact) mass is 542 g/mol. The van der Waals surface area contributed by atoms with Crippen molar-refractivity contribution in [3.8, 4) is 11.1 Å². The van der Waals surface area contributed by atoms with Crippen LogP contribution in [0.25, 0.3) is 11.1 Å². The Labute approximate surface area is 216 Å². The van der Waals surface area contributed by atoms with Crippen LogP contribution < -0.4 is 5.32 Å². The van der Waals surface area contributed by atoms with Crippen molar-refractivity contribution < 1.29 is 4.79 Å². The van der Waals surface area contributed by atoms with Gasteiger partial charge in [-0.3, -0.25) is 4.79 Å². The molecular weight excluding hydrogens is 520 g/mol. The minimum absolute atomic E-state index is 0.195. The average Bonchev–Trinajstić information content (AvgIpc) is 3.30. The van der Waals surface area contributed by atoms with E-state index in [0.717, 1.165) is 39.9 Å². The van der Waals surface area contributed by atoms with E-state index in [2.05, 4.69) is 81.9 Å². The fraction of sp³-hybridized carbons (Fsp3) is 0.179. The quantitative estimate of drug-likeness (QED) is 0.274. The predicted molar refractivity (Wildman–Crippen MR) is 143 cm³/mol. The molecule has 0 unspecified atom stereocenters. The Morgan fingerprint density at radius 1 is 0.943 bits per heavy atom. The highest BCUT2D eigenvalue weighted by Crippen LogP contribution is 2.41. The Morgan fingerprint density at radius 2 is 1.69 bits per heavy atom. The summed E-state index contributed by atoms with van der Waals surface area (Å²) in [6.45, 7) is 0. The number of carbonyl (C=O) groups excluding carboxylic acids is 1. The van der Waals surface area contributed by atoms with Crippen LogP contribution in [-0.2, 0) is 10.5 Å². The molecule has 1 atom stereocenters. The van der Waals surface area contributed by atoms with Crippen LogP contribution in [0, 0.1) is 0 Å². The van der Waals surface area contributed by atoms with Crippen molar-refractivity contribution in [3.05, 3.63) is 106 Å². The van der Waals surface area contributed by atoms with Gasteiger partial charge in [-0.15, -0.1) is 5.10 Å². The summed E-state index contributed by atoms with van der Waals surface area (Å²) in [5.74, 6) is 1.67. The number of carbonyl (C=O) groups is 1. The predicted octanol–water partition coefficient (Wildman–Crippen LogP) is 7.02. The summed E-state index contributed by atoms with van der Waals surface area (Å²) < 4.78 is 2.89. The molecule has 2 heterocycles. The van der Waals surface area contributed by atoms with Crippen molar-refractivity contribution in [1.82, 2.24) is 14.8 Å². The third kappa shape index (κ3) is 4.46. The Kier molecular flexibility index (Phi) is 6.04. The number of nitrogens with one attached hydrogen (secondary N) is 1. The van der Waals surface area contributed by atoms with E-state index in [-0.39, 0.29) is 11.8 Å². The summed E-state index contributed by atoms with van der Waals surface area (Å²) in [6.07, 6.45) is 2.31. The summed E-state index contributed by atoms with van der Waals surface area (Å²) in [4.78, 5) is 17.8. The van der Waals surface area contributed by atoms with Crippen molar-refractivity contribution in [2.75, 3.05) is 5.32 Å². The standard InChI is InChI=1S/C28H23BrN4OS/c29-22-15-13-21(14-16-22)26-25-23(7-4-8-24(25)34)30-27-31-28(32-33(26)27)35-17-18-9-11-20(12-10-18)19-5-2-1-3-6-19/h1-3,5-6,9-16,26H,4,7-8,17H2,(H,30,31,32)/t26-/m0/s1. The lowest BCUT2D eigenvalue weighted by Gasteiger charge is -2.32. The maximum absolute atomic E-state index is 13.0. The van der Waals surface area contributed by atoms with Gasteiger partial charge in [0.1, 0.15) is 6.04 Å². The molecule has 3 aromatic carbocycles. The van der Waals surface area contributed by atoms with Gasteiger partial charge >= 0.3 is 0 Å². The van der Waals surface area contributed by atoms with Crippen molar-refractivity contribution in [2.45, 2.75) is 36.2 Å². The number of halogens is 1. The van der Waals surface area contributed by atoms with Gasteiger partial charge in [-0.2, -0.15) is 4.98 Å². The Bertz CT molecular complexity index is 1410. The van der Waals surface area contributed by atoms with Crippen molar-refractivity contribution in [2.24, 2.45) is 0 Å². The molecule has 1 aliphatic carbocycles. The van der Waals surface area contributed by atoms with Crippen LogP contribution in [0.3, 0.4) is 0 Å². The molecule has 0 amide bonds. The maximum Gasteiger partial charge on any atom is 0.227 e. The molecule has 4 aromatic rings. The number of ketones is 1. The van der Waals surface area contributed by atoms with Crippen molar-refractivity contribution in [3.63, 3.8) is 0 Å². The SMILES string of the molecule is O=C1CCCC2=C1[C@H](c1ccc(Br)cc1)n1nc(SCc3ccc(-c4ccccc4)cc3)nc1N2. The van der Waals surface area contributed by atoms with E-state index in [1.165, 1.54) is 16.7 Å². The normalized spacial score (nSPS) is 17.1. The number of hydrogen-bond donors (Lipinski definition) is 1. The van der Waals surface area contributed by atoms with Gasteiger partial charge < -0.3 is 5.32 Å². The van der Waals surface area contributed by atoms with Crippen LogP contribution >= 0.6 is 27.7 Å². The molecule has 35 heavy (non-hydrogen) atoms. The number of Topliss-reactive ketones (excluding diaryl/α,β-unsaturated/α-hetero) is 1. The lowest BCUT2D eigenvalue weighted by atomic mass is 9.85. The molecular formula is C28H23BrN4OS.